The van der Waals surface area contributed by atoms with E-state index in [1.165, 1.54) is 0 Å². The van der Waals surface area contributed by atoms with Gasteiger partial charge in [-0.3, -0.25) is 4.98 Å². The molecular formula is C13H15N7O2. The number of carbonyl (C=O) groups is 1. The summed E-state index contributed by atoms with van der Waals surface area (Å²) >= 11 is 0. The minimum absolute atomic E-state index is 0.00854. The van der Waals surface area contributed by atoms with Crippen LogP contribution < -0.4 is 15.9 Å². The number of hydrogen-bond acceptors (Lipinski definition) is 5. The lowest BCUT2D eigenvalue weighted by Crippen LogP contribution is -2.52. The summed E-state index contributed by atoms with van der Waals surface area (Å²) in [5, 5.41) is 11.0. The van der Waals surface area contributed by atoms with Crippen molar-refractivity contribution in [1.29, 1.82) is 5.26 Å². The quantitative estimate of drug-likeness (QED) is 0.652. The molecule has 0 atom stereocenters. The smallest absolute Gasteiger partial charge is 0.325 e. The molecule has 114 valence electrons. The molecule has 22 heavy (non-hydrogen) atoms. The molecule has 1 saturated heterocycles. The van der Waals surface area contributed by atoms with Crippen LogP contribution in [0, 0.1) is 11.3 Å². The van der Waals surface area contributed by atoms with Crippen molar-refractivity contribution in [2.75, 3.05) is 37.6 Å². The number of nitrogens with zero attached hydrogens (tertiary/aromatic N) is 4. The number of aromatic amines is 2. The fourth-order valence-electron chi connectivity index (χ4n) is 2.56. The number of nitrogens with one attached hydrogen (secondary N) is 3. The monoisotopic (exact) mass is 301 g/mol. The highest BCUT2D eigenvalue weighted by atomic mass is 16.2. The van der Waals surface area contributed by atoms with Crippen LogP contribution in [0.1, 0.15) is 0 Å². The zero-order valence-corrected chi connectivity index (χ0v) is 11.8. The molecule has 0 saturated carbocycles. The molecule has 0 aliphatic carbocycles. The highest BCUT2D eigenvalue weighted by molar-refractivity contribution is 5.85. The molecule has 3 N–H and O–H groups in total. The van der Waals surface area contributed by atoms with Gasteiger partial charge in [0.05, 0.1) is 11.8 Å². The molecule has 1 aliphatic heterocycles. The second kappa shape index (κ2) is 5.77. The van der Waals surface area contributed by atoms with Crippen molar-refractivity contribution in [2.24, 2.45) is 0 Å². The first-order valence-electron chi connectivity index (χ1n) is 6.90. The third-order valence-corrected chi connectivity index (χ3v) is 3.63. The highest BCUT2D eigenvalue weighted by Crippen LogP contribution is 2.22. The van der Waals surface area contributed by atoms with Crippen molar-refractivity contribution in [3.8, 4) is 6.07 Å². The van der Waals surface area contributed by atoms with Crippen molar-refractivity contribution >= 4 is 22.9 Å². The van der Waals surface area contributed by atoms with Gasteiger partial charge in [-0.2, -0.15) is 5.26 Å². The van der Waals surface area contributed by atoms with Crippen molar-refractivity contribution in [1.82, 2.24) is 25.2 Å². The average Bonchev–Trinajstić information content (AvgIpc) is 2.92. The number of anilines is 1. The number of H-pyrrole nitrogens is 2. The van der Waals surface area contributed by atoms with E-state index >= 15 is 0 Å². The average molecular weight is 301 g/mol. The van der Waals surface area contributed by atoms with E-state index in [-0.39, 0.29) is 18.3 Å². The number of pyridine rings is 1. The van der Waals surface area contributed by atoms with E-state index < -0.39 is 0 Å². The number of urea groups is 1. The van der Waals surface area contributed by atoms with E-state index in [9.17, 15) is 9.59 Å². The summed E-state index contributed by atoms with van der Waals surface area (Å²) in [6.45, 7) is 2.40. The van der Waals surface area contributed by atoms with Crippen LogP contribution in [0.4, 0.5) is 10.5 Å². The summed E-state index contributed by atoms with van der Waals surface area (Å²) in [6.07, 6.45) is 1.65. The van der Waals surface area contributed by atoms with Gasteiger partial charge in [0.1, 0.15) is 12.1 Å². The minimum Gasteiger partial charge on any atom is -0.366 e. The predicted octanol–water partition coefficient (Wildman–Crippen LogP) is -0.394. The predicted molar refractivity (Wildman–Crippen MR) is 79.5 cm³/mol. The first kappa shape index (κ1) is 13.9. The molecule has 0 unspecified atom stereocenters. The van der Waals surface area contributed by atoms with Crippen LogP contribution in [-0.4, -0.2) is 58.6 Å². The Bertz CT molecular complexity index is 780. The molecule has 9 heteroatoms. The number of hydrogen-bond donors (Lipinski definition) is 3. The fraction of sp³-hybridized carbons (Fsp3) is 0.385. The number of rotatable bonds is 2. The highest BCUT2D eigenvalue weighted by Gasteiger charge is 2.22. The van der Waals surface area contributed by atoms with E-state index in [0.717, 1.165) is 5.69 Å². The van der Waals surface area contributed by atoms with Crippen LogP contribution in [-0.2, 0) is 0 Å². The van der Waals surface area contributed by atoms with Gasteiger partial charge in [-0.1, -0.05) is 0 Å². The summed E-state index contributed by atoms with van der Waals surface area (Å²) in [5.74, 6) is 0. The normalized spacial score (nSPS) is 14.9. The molecule has 2 amide bonds. The number of aromatic nitrogens is 3. The largest absolute Gasteiger partial charge is 0.366 e. The van der Waals surface area contributed by atoms with Gasteiger partial charge in [0.25, 0.3) is 0 Å². The number of carbonyl (C=O) groups excluding carboxylic acids is 1. The Morgan fingerprint density at radius 3 is 2.86 bits per heavy atom. The van der Waals surface area contributed by atoms with Gasteiger partial charge < -0.3 is 20.1 Å². The second-order valence-corrected chi connectivity index (χ2v) is 4.92. The van der Waals surface area contributed by atoms with Crippen LogP contribution in [0.25, 0.3) is 11.2 Å². The molecule has 3 heterocycles. The van der Waals surface area contributed by atoms with Gasteiger partial charge in [0.2, 0.25) is 0 Å². The molecule has 2 aromatic heterocycles. The molecule has 1 aliphatic rings. The molecule has 0 bridgehead atoms. The van der Waals surface area contributed by atoms with E-state index in [4.69, 9.17) is 5.26 Å². The minimum atomic E-state index is -0.288. The Hall–Kier alpha value is -3.02. The van der Waals surface area contributed by atoms with E-state index in [1.54, 1.807) is 11.1 Å². The SMILES string of the molecule is N#CCNC(=O)N1CCN(c2ccnc3[nH]c(=O)[nH]c23)CC1. The van der Waals surface area contributed by atoms with Crippen molar-refractivity contribution in [3.05, 3.63) is 22.7 Å². The maximum atomic E-state index is 11.8. The molecule has 0 spiro atoms. The molecule has 0 aromatic carbocycles. The van der Waals surface area contributed by atoms with Crippen molar-refractivity contribution < 1.29 is 4.79 Å². The van der Waals surface area contributed by atoms with E-state index in [2.05, 4.69) is 25.2 Å². The Kier molecular flexibility index (Phi) is 3.65. The fourth-order valence-corrected chi connectivity index (χ4v) is 2.56. The van der Waals surface area contributed by atoms with Crippen LogP contribution >= 0.6 is 0 Å². The van der Waals surface area contributed by atoms with Gasteiger partial charge in [0.15, 0.2) is 5.65 Å². The molecule has 2 aromatic rings. The summed E-state index contributed by atoms with van der Waals surface area (Å²) < 4.78 is 0. The summed E-state index contributed by atoms with van der Waals surface area (Å²) in [5.41, 5.74) is 1.80. The molecule has 1 fully saturated rings. The summed E-state index contributed by atoms with van der Waals surface area (Å²) in [6, 6.07) is 3.50. The Balaban J connectivity index is 1.72. The first-order chi connectivity index (χ1) is 10.7. The third kappa shape index (κ3) is 2.58. The topological polar surface area (TPSA) is 121 Å². The van der Waals surface area contributed by atoms with Crippen molar-refractivity contribution in [2.45, 2.75) is 0 Å². The Morgan fingerprint density at radius 2 is 2.14 bits per heavy atom. The first-order valence-corrected chi connectivity index (χ1v) is 6.90. The number of imidazole rings is 1. The lowest BCUT2D eigenvalue weighted by Gasteiger charge is -2.35. The maximum absolute atomic E-state index is 11.8. The van der Waals surface area contributed by atoms with Crippen LogP contribution in [0.5, 0.6) is 0 Å². The van der Waals surface area contributed by atoms with Crippen molar-refractivity contribution in [3.63, 3.8) is 0 Å². The Morgan fingerprint density at radius 1 is 1.36 bits per heavy atom. The van der Waals surface area contributed by atoms with Crippen LogP contribution in [0.2, 0.25) is 0 Å². The van der Waals surface area contributed by atoms with Gasteiger partial charge >= 0.3 is 11.7 Å². The second-order valence-electron chi connectivity index (χ2n) is 4.92. The number of amides is 2. The summed E-state index contributed by atoms with van der Waals surface area (Å²) in [7, 11) is 0. The number of piperazine rings is 1. The number of fused-ring (bicyclic) bond motifs is 1. The molecular weight excluding hydrogens is 286 g/mol. The molecule has 0 radical (unpaired) electrons. The van der Waals surface area contributed by atoms with Crippen LogP contribution in [0.15, 0.2) is 17.1 Å². The zero-order chi connectivity index (χ0) is 15.5. The number of nitriles is 1. The Labute approximate surface area is 125 Å². The maximum Gasteiger partial charge on any atom is 0.325 e. The van der Waals surface area contributed by atoms with E-state index in [0.29, 0.717) is 37.3 Å². The molecule has 3 rings (SSSR count). The van der Waals surface area contributed by atoms with E-state index in [1.807, 2.05) is 12.1 Å². The van der Waals surface area contributed by atoms with Gasteiger partial charge in [-0.25, -0.2) is 14.6 Å². The third-order valence-electron chi connectivity index (χ3n) is 3.63. The lowest BCUT2D eigenvalue weighted by atomic mass is 10.2. The summed E-state index contributed by atoms with van der Waals surface area (Å²) in [4.78, 5) is 36.5. The lowest BCUT2D eigenvalue weighted by molar-refractivity contribution is 0.195. The van der Waals surface area contributed by atoms with Gasteiger partial charge in [0, 0.05) is 32.4 Å². The zero-order valence-electron chi connectivity index (χ0n) is 11.8. The van der Waals surface area contributed by atoms with Crippen LogP contribution in [0.3, 0.4) is 0 Å². The standard InChI is InChI=1S/C13H15N7O2/c14-2-4-16-13(22)20-7-5-19(6-8-20)9-1-3-15-11-10(9)17-12(21)18-11/h1,3H,4-8H2,(H,16,22)(H2,15,17,18,21). The van der Waals surface area contributed by atoms with Gasteiger partial charge in [-0.05, 0) is 6.07 Å². The van der Waals surface area contributed by atoms with Gasteiger partial charge in [-0.15, -0.1) is 0 Å². The molecule has 9 nitrogen and oxygen atoms in total.